The Morgan fingerprint density at radius 2 is 1.90 bits per heavy atom. The van der Waals surface area contributed by atoms with Gasteiger partial charge in [-0.2, -0.15) is 5.26 Å². The van der Waals surface area contributed by atoms with Crippen LogP contribution >= 0.6 is 0 Å². The first kappa shape index (κ1) is 26.9. The van der Waals surface area contributed by atoms with Gasteiger partial charge in [-0.1, -0.05) is 12.1 Å². The van der Waals surface area contributed by atoms with Gasteiger partial charge in [-0.25, -0.2) is 0 Å². The van der Waals surface area contributed by atoms with Crippen LogP contribution in [0.25, 0.3) is 10.9 Å². The van der Waals surface area contributed by atoms with E-state index in [1.807, 2.05) is 18.3 Å². The molecule has 2 aromatic carbocycles. The van der Waals surface area contributed by atoms with E-state index in [2.05, 4.69) is 57.4 Å². The third-order valence-corrected chi connectivity index (χ3v) is 9.08. The number of aromatic amines is 2. The number of aryl methyl sites for hydroxylation is 1. The number of amides is 1. The zero-order valence-electron chi connectivity index (χ0n) is 23.5. The minimum atomic E-state index is -0.191. The number of fused-ring (bicyclic) bond motifs is 1. The second-order valence-corrected chi connectivity index (χ2v) is 11.7. The smallest absolute Gasteiger partial charge is 0.251 e. The summed E-state index contributed by atoms with van der Waals surface area (Å²) in [5.41, 5.74) is 5.98. The highest BCUT2D eigenvalue weighted by molar-refractivity contribution is 5.94. The van der Waals surface area contributed by atoms with Crippen molar-refractivity contribution in [3.05, 3.63) is 99.1 Å². The lowest BCUT2D eigenvalue weighted by Crippen LogP contribution is -2.48. The van der Waals surface area contributed by atoms with Crippen molar-refractivity contribution in [3.63, 3.8) is 0 Å². The highest BCUT2D eigenvalue weighted by Crippen LogP contribution is 2.56. The lowest BCUT2D eigenvalue weighted by molar-refractivity contribution is -0.0298. The monoisotopic (exact) mass is 549 g/mol. The molecule has 4 aromatic rings. The maximum Gasteiger partial charge on any atom is 0.251 e. The van der Waals surface area contributed by atoms with E-state index in [1.54, 1.807) is 19.4 Å². The summed E-state index contributed by atoms with van der Waals surface area (Å²) in [6, 6.07) is 18.0. The van der Waals surface area contributed by atoms with Crippen LogP contribution in [0.15, 0.2) is 65.7 Å². The normalized spacial score (nSPS) is 22.3. The topological polar surface area (TPSA) is 114 Å². The van der Waals surface area contributed by atoms with Gasteiger partial charge in [-0.15, -0.1) is 0 Å². The first-order valence-corrected chi connectivity index (χ1v) is 14.2. The fourth-order valence-corrected chi connectivity index (χ4v) is 6.87. The van der Waals surface area contributed by atoms with Gasteiger partial charge in [-0.3, -0.25) is 14.5 Å². The van der Waals surface area contributed by atoms with Crippen molar-refractivity contribution in [1.82, 2.24) is 20.2 Å². The fraction of sp³-hybridized carbons (Fsp3) is 0.364. The predicted octanol–water partition coefficient (Wildman–Crippen LogP) is 5.36. The number of piperidine rings is 1. The minimum absolute atomic E-state index is 0.158. The Labute approximate surface area is 239 Å². The molecule has 210 valence electrons. The van der Waals surface area contributed by atoms with Crippen LogP contribution in [0.3, 0.4) is 0 Å². The number of hydrogen-bond donors (Lipinski definition) is 3. The molecular weight excluding hydrogens is 514 g/mol. The second-order valence-electron chi connectivity index (χ2n) is 11.7. The Morgan fingerprint density at radius 3 is 2.63 bits per heavy atom. The molecule has 2 aromatic heterocycles. The van der Waals surface area contributed by atoms with Gasteiger partial charge in [0.05, 0.1) is 13.2 Å². The van der Waals surface area contributed by atoms with Crippen molar-refractivity contribution in [2.75, 3.05) is 13.7 Å². The van der Waals surface area contributed by atoms with Crippen LogP contribution in [0.1, 0.15) is 64.3 Å². The summed E-state index contributed by atoms with van der Waals surface area (Å²) < 4.78 is 5.85. The number of methoxy groups -OCH3 is 1. The van der Waals surface area contributed by atoms with Crippen molar-refractivity contribution >= 4 is 16.8 Å². The van der Waals surface area contributed by atoms with Gasteiger partial charge in [0.15, 0.2) is 0 Å². The number of likely N-dealkylation sites (tertiary alicyclic amines) is 1. The Bertz CT molecular complexity index is 1670. The number of pyridine rings is 1. The number of H-pyrrole nitrogens is 2. The number of hydrogen-bond acceptors (Lipinski definition) is 5. The molecule has 41 heavy (non-hydrogen) atoms. The van der Waals surface area contributed by atoms with Crippen molar-refractivity contribution in [3.8, 4) is 11.8 Å². The molecule has 3 heterocycles. The Kier molecular flexibility index (Phi) is 7.14. The molecule has 8 nitrogen and oxygen atoms in total. The minimum Gasteiger partial charge on any atom is -0.496 e. The average Bonchev–Trinajstić information content (AvgIpc) is 3.47. The van der Waals surface area contributed by atoms with E-state index in [4.69, 9.17) is 4.74 Å². The van der Waals surface area contributed by atoms with E-state index in [0.29, 0.717) is 5.56 Å². The number of rotatable bonds is 7. The van der Waals surface area contributed by atoms with Crippen molar-refractivity contribution < 1.29 is 9.53 Å². The number of ether oxygens (including phenoxy) is 1. The standard InChI is InChI=1S/C33H35N5O3/c1-21-13-29(41-2)27(26-8-11-36-31(21)26)20-38-12-9-33(15-23(16-33)18-34)17-28(38)24-3-5-25(6-4-24)32(40)37-19-22-7-10-35-30(39)14-22/h3-8,10-11,13-14,23,28,36H,9,12,15-17,19-20H2,1-2H3,(H,35,39)(H,37,40). The summed E-state index contributed by atoms with van der Waals surface area (Å²) in [4.78, 5) is 32.9. The molecule has 2 aliphatic rings. The first-order valence-electron chi connectivity index (χ1n) is 14.2. The fourth-order valence-electron chi connectivity index (χ4n) is 6.87. The van der Waals surface area contributed by atoms with Gasteiger partial charge < -0.3 is 20.0 Å². The molecule has 6 rings (SSSR count). The largest absolute Gasteiger partial charge is 0.496 e. The summed E-state index contributed by atoms with van der Waals surface area (Å²) in [5.74, 6) is 0.878. The molecule has 0 bridgehead atoms. The van der Waals surface area contributed by atoms with Gasteiger partial charge >= 0.3 is 0 Å². The van der Waals surface area contributed by atoms with E-state index >= 15 is 0 Å². The van der Waals surface area contributed by atoms with E-state index in [-0.39, 0.29) is 35.4 Å². The number of nitriles is 1. The zero-order chi connectivity index (χ0) is 28.6. The third kappa shape index (κ3) is 5.25. The molecule has 1 atom stereocenters. The van der Waals surface area contributed by atoms with Crippen molar-refractivity contribution in [2.24, 2.45) is 11.3 Å². The number of benzene rings is 2. The maximum atomic E-state index is 12.9. The van der Waals surface area contributed by atoms with E-state index in [0.717, 1.165) is 61.2 Å². The Balaban J connectivity index is 1.25. The van der Waals surface area contributed by atoms with Crippen LogP contribution in [-0.2, 0) is 13.1 Å². The van der Waals surface area contributed by atoms with Gasteiger partial charge in [-0.05, 0) is 91.6 Å². The summed E-state index contributed by atoms with van der Waals surface area (Å²) in [6.45, 7) is 4.07. The summed E-state index contributed by atoms with van der Waals surface area (Å²) in [5, 5.41) is 13.6. The van der Waals surface area contributed by atoms with Crippen LogP contribution in [-0.4, -0.2) is 34.4 Å². The maximum absolute atomic E-state index is 12.9. The number of carbonyl (C=O) groups excluding carboxylic acids is 1. The molecule has 1 unspecified atom stereocenters. The van der Waals surface area contributed by atoms with Gasteiger partial charge in [0.2, 0.25) is 5.56 Å². The number of aromatic nitrogens is 2. The molecule has 1 saturated carbocycles. The molecular formula is C33H35N5O3. The van der Waals surface area contributed by atoms with Gasteiger partial charge in [0.25, 0.3) is 5.91 Å². The van der Waals surface area contributed by atoms with Crippen molar-refractivity contribution in [2.45, 2.75) is 51.7 Å². The molecule has 1 aliphatic carbocycles. The predicted molar refractivity (Wildman–Crippen MR) is 157 cm³/mol. The number of carbonyl (C=O) groups is 1. The van der Waals surface area contributed by atoms with Crippen LogP contribution in [0.2, 0.25) is 0 Å². The molecule has 2 fully saturated rings. The number of nitrogens with zero attached hydrogens (tertiary/aromatic N) is 2. The molecule has 0 radical (unpaired) electrons. The average molecular weight is 550 g/mol. The van der Waals surface area contributed by atoms with Gasteiger partial charge in [0.1, 0.15) is 5.75 Å². The van der Waals surface area contributed by atoms with Crippen molar-refractivity contribution in [1.29, 1.82) is 5.26 Å². The lowest BCUT2D eigenvalue weighted by Gasteiger charge is -2.53. The molecule has 1 spiro atoms. The molecule has 3 N–H and O–H groups in total. The van der Waals surface area contributed by atoms with Crippen LogP contribution in [0, 0.1) is 29.6 Å². The SMILES string of the molecule is COc1cc(C)c2[nH]ccc2c1CN1CCC2(CC(C#N)C2)CC1c1ccc(C(=O)NCc2cc[nH]c(=O)c2)cc1. The van der Waals surface area contributed by atoms with Crippen LogP contribution in [0.4, 0.5) is 0 Å². The highest BCUT2D eigenvalue weighted by Gasteiger charge is 2.49. The highest BCUT2D eigenvalue weighted by atomic mass is 16.5. The van der Waals surface area contributed by atoms with E-state index in [1.165, 1.54) is 22.6 Å². The second kappa shape index (κ2) is 10.9. The summed E-state index contributed by atoms with van der Waals surface area (Å²) in [6.07, 6.45) is 7.56. The summed E-state index contributed by atoms with van der Waals surface area (Å²) >= 11 is 0. The summed E-state index contributed by atoms with van der Waals surface area (Å²) in [7, 11) is 1.73. The molecule has 8 heteroatoms. The number of nitrogens with one attached hydrogen (secondary N) is 3. The molecule has 1 saturated heterocycles. The van der Waals surface area contributed by atoms with Gasteiger partial charge in [0, 0.05) is 65.5 Å². The lowest BCUT2D eigenvalue weighted by atomic mass is 9.56. The quantitative estimate of drug-likeness (QED) is 0.287. The molecule has 1 aliphatic heterocycles. The zero-order valence-corrected chi connectivity index (χ0v) is 23.5. The Hall–Kier alpha value is -4.35. The van der Waals surface area contributed by atoms with Crippen LogP contribution < -0.4 is 15.6 Å². The van der Waals surface area contributed by atoms with E-state index in [9.17, 15) is 14.9 Å². The van der Waals surface area contributed by atoms with E-state index < -0.39 is 0 Å². The Morgan fingerprint density at radius 1 is 1.12 bits per heavy atom. The molecule has 1 amide bonds. The van der Waals surface area contributed by atoms with Crippen LogP contribution in [0.5, 0.6) is 5.75 Å². The first-order chi connectivity index (χ1) is 19.9. The third-order valence-electron chi connectivity index (χ3n) is 9.08.